The first-order valence-corrected chi connectivity index (χ1v) is 7.46. The molecule has 0 spiro atoms. The van der Waals surface area contributed by atoms with Crippen LogP contribution in [0.1, 0.15) is 25.3 Å². The van der Waals surface area contributed by atoms with Gasteiger partial charge in [0.15, 0.2) is 0 Å². The Morgan fingerprint density at radius 2 is 1.83 bits per heavy atom. The highest BCUT2D eigenvalue weighted by Crippen LogP contribution is 2.18. The topological polar surface area (TPSA) is 64.6 Å². The zero-order valence-corrected chi connectivity index (χ0v) is 13.0. The van der Waals surface area contributed by atoms with Crippen molar-refractivity contribution in [2.75, 3.05) is 5.32 Å². The molecule has 0 aliphatic carbocycles. The van der Waals surface area contributed by atoms with Gasteiger partial charge in [-0.2, -0.15) is 0 Å². The average molecular weight is 313 g/mol. The highest BCUT2D eigenvalue weighted by Gasteiger charge is 2.07. The zero-order valence-electron chi connectivity index (χ0n) is 13.0. The van der Waals surface area contributed by atoms with Crippen molar-refractivity contribution in [2.24, 2.45) is 0 Å². The molecule has 0 atom stereocenters. The first-order chi connectivity index (χ1) is 11.2. The van der Waals surface area contributed by atoms with Crippen LogP contribution in [-0.4, -0.2) is 12.1 Å². The van der Waals surface area contributed by atoms with Gasteiger partial charge in [0, 0.05) is 18.2 Å². The van der Waals surface area contributed by atoms with Crippen molar-refractivity contribution in [3.63, 3.8) is 0 Å². The normalized spacial score (nSPS) is 9.96. The fourth-order valence-corrected chi connectivity index (χ4v) is 1.90. The third kappa shape index (κ3) is 5.82. The van der Waals surface area contributed by atoms with Crippen LogP contribution in [-0.2, 0) is 16.1 Å². The van der Waals surface area contributed by atoms with Crippen molar-refractivity contribution in [1.82, 2.24) is 0 Å². The molecule has 2 aromatic rings. The third-order valence-corrected chi connectivity index (χ3v) is 2.98. The molecule has 5 heteroatoms. The maximum atomic E-state index is 11.8. The molecule has 0 unspecified atom stereocenters. The third-order valence-electron chi connectivity index (χ3n) is 2.98. The molecule has 0 aromatic heterocycles. The summed E-state index contributed by atoms with van der Waals surface area (Å²) >= 11 is 0. The predicted molar refractivity (Wildman–Crippen MR) is 87.2 cm³/mol. The molecule has 5 nitrogen and oxygen atoms in total. The van der Waals surface area contributed by atoms with E-state index in [9.17, 15) is 9.59 Å². The lowest BCUT2D eigenvalue weighted by Crippen LogP contribution is -2.13. The molecule has 2 rings (SSSR count). The lowest BCUT2D eigenvalue weighted by Gasteiger charge is -2.09. The van der Waals surface area contributed by atoms with Crippen molar-refractivity contribution in [3.8, 4) is 5.75 Å². The predicted octanol–water partition coefficient (Wildman–Crippen LogP) is 4.14. The van der Waals surface area contributed by atoms with Gasteiger partial charge in [-0.3, -0.25) is 10.1 Å². The molecule has 0 radical (unpaired) electrons. The van der Waals surface area contributed by atoms with Gasteiger partial charge < -0.3 is 9.47 Å². The number of carbonyl (C=O) groups excluding carboxylic acids is 2. The van der Waals surface area contributed by atoms with Crippen LogP contribution in [0.3, 0.4) is 0 Å². The van der Waals surface area contributed by atoms with Crippen LogP contribution in [0.15, 0.2) is 54.6 Å². The molecule has 0 aliphatic heterocycles. The molecule has 2 aromatic carbocycles. The minimum absolute atomic E-state index is 0.192. The maximum absolute atomic E-state index is 11.8. The first kappa shape index (κ1) is 16.5. The van der Waals surface area contributed by atoms with Gasteiger partial charge in [0.2, 0.25) is 0 Å². The van der Waals surface area contributed by atoms with Crippen molar-refractivity contribution in [3.05, 3.63) is 60.2 Å². The van der Waals surface area contributed by atoms with Gasteiger partial charge in [-0.05, 0) is 24.1 Å². The molecule has 0 bridgehead atoms. The summed E-state index contributed by atoms with van der Waals surface area (Å²) in [5.74, 6) is 0.0978. The fourth-order valence-electron chi connectivity index (χ4n) is 1.90. The molecule has 1 N–H and O–H groups in total. The standard InChI is InChI=1S/C18H19NO4/c1-2-7-17(20)23-16-11-6-10-15(12-16)19-18(21)22-13-14-8-4-3-5-9-14/h3-6,8-12H,2,7,13H2,1H3,(H,19,21). The smallest absolute Gasteiger partial charge is 0.411 e. The highest BCUT2D eigenvalue weighted by molar-refractivity contribution is 5.85. The molecule has 1 amide bonds. The number of amides is 1. The van der Waals surface area contributed by atoms with E-state index in [1.54, 1.807) is 24.3 Å². The van der Waals surface area contributed by atoms with E-state index in [1.807, 2.05) is 37.3 Å². The molecule has 0 fully saturated rings. The Balaban J connectivity index is 1.87. The number of benzene rings is 2. The van der Waals surface area contributed by atoms with Gasteiger partial charge in [0.25, 0.3) is 0 Å². The molecule has 0 saturated carbocycles. The molecule has 0 heterocycles. The minimum atomic E-state index is -0.564. The van der Waals surface area contributed by atoms with Gasteiger partial charge in [-0.25, -0.2) is 4.79 Å². The Bertz CT molecular complexity index is 655. The summed E-state index contributed by atoms with van der Waals surface area (Å²) in [5, 5.41) is 2.61. The van der Waals surface area contributed by atoms with E-state index in [2.05, 4.69) is 5.32 Å². The van der Waals surface area contributed by atoms with Crippen LogP contribution in [0.4, 0.5) is 10.5 Å². The van der Waals surface area contributed by atoms with Gasteiger partial charge >= 0.3 is 12.1 Å². The van der Waals surface area contributed by atoms with Gasteiger partial charge in [-0.15, -0.1) is 0 Å². The van der Waals surface area contributed by atoms with E-state index in [0.717, 1.165) is 12.0 Å². The van der Waals surface area contributed by atoms with Gasteiger partial charge in [-0.1, -0.05) is 43.3 Å². The lowest BCUT2D eigenvalue weighted by molar-refractivity contribution is -0.134. The Hall–Kier alpha value is -2.82. The summed E-state index contributed by atoms with van der Waals surface area (Å²) in [6.45, 7) is 2.10. The maximum Gasteiger partial charge on any atom is 0.411 e. The van der Waals surface area contributed by atoms with Gasteiger partial charge in [0.05, 0.1) is 0 Å². The average Bonchev–Trinajstić information content (AvgIpc) is 2.54. The number of carbonyl (C=O) groups is 2. The van der Waals surface area contributed by atoms with Crippen molar-refractivity contribution < 1.29 is 19.1 Å². The second kappa shape index (κ2) is 8.58. The van der Waals surface area contributed by atoms with E-state index in [0.29, 0.717) is 17.9 Å². The van der Waals surface area contributed by atoms with E-state index in [4.69, 9.17) is 9.47 Å². The second-order valence-electron chi connectivity index (χ2n) is 4.94. The molecule has 0 saturated heterocycles. The minimum Gasteiger partial charge on any atom is -0.444 e. The fraction of sp³-hybridized carbons (Fsp3) is 0.222. The Morgan fingerprint density at radius 3 is 2.57 bits per heavy atom. The summed E-state index contributed by atoms with van der Waals surface area (Å²) in [7, 11) is 0. The monoisotopic (exact) mass is 313 g/mol. The van der Waals surface area contributed by atoms with Crippen LogP contribution in [0.2, 0.25) is 0 Å². The van der Waals surface area contributed by atoms with Crippen LogP contribution >= 0.6 is 0 Å². The van der Waals surface area contributed by atoms with Crippen LogP contribution in [0, 0.1) is 0 Å². The van der Waals surface area contributed by atoms with Gasteiger partial charge in [0.1, 0.15) is 12.4 Å². The summed E-state index contributed by atoms with van der Waals surface area (Å²) in [6, 6.07) is 16.0. The van der Waals surface area contributed by atoms with Crippen LogP contribution < -0.4 is 10.1 Å². The molecule has 120 valence electrons. The van der Waals surface area contributed by atoms with Crippen molar-refractivity contribution in [2.45, 2.75) is 26.4 Å². The van der Waals surface area contributed by atoms with Crippen molar-refractivity contribution >= 4 is 17.7 Å². The largest absolute Gasteiger partial charge is 0.444 e. The number of ether oxygens (including phenoxy) is 2. The van der Waals surface area contributed by atoms with Crippen LogP contribution in [0.5, 0.6) is 5.75 Å². The van der Waals surface area contributed by atoms with Crippen LogP contribution in [0.25, 0.3) is 0 Å². The quantitative estimate of drug-likeness (QED) is 0.643. The number of anilines is 1. The SMILES string of the molecule is CCCC(=O)Oc1cccc(NC(=O)OCc2ccccc2)c1. The number of hydrogen-bond donors (Lipinski definition) is 1. The molecule has 23 heavy (non-hydrogen) atoms. The Morgan fingerprint density at radius 1 is 1.04 bits per heavy atom. The second-order valence-corrected chi connectivity index (χ2v) is 4.94. The Labute approximate surface area is 135 Å². The summed E-state index contributed by atoms with van der Waals surface area (Å²) in [6.07, 6.45) is 0.519. The van der Waals surface area contributed by atoms with Crippen molar-refractivity contribution in [1.29, 1.82) is 0 Å². The highest BCUT2D eigenvalue weighted by atomic mass is 16.5. The number of esters is 1. The number of rotatable bonds is 6. The summed E-state index contributed by atoms with van der Waals surface area (Å²) in [4.78, 5) is 23.3. The van der Waals surface area contributed by atoms with E-state index < -0.39 is 6.09 Å². The van der Waals surface area contributed by atoms with E-state index in [-0.39, 0.29) is 12.6 Å². The summed E-state index contributed by atoms with van der Waals surface area (Å²) in [5.41, 5.74) is 1.41. The van der Waals surface area contributed by atoms with E-state index >= 15 is 0 Å². The molecular formula is C18H19NO4. The molecule has 0 aliphatic rings. The van der Waals surface area contributed by atoms with E-state index in [1.165, 1.54) is 0 Å². The Kier molecular flexibility index (Phi) is 6.17. The lowest BCUT2D eigenvalue weighted by atomic mass is 10.2. The number of hydrogen-bond acceptors (Lipinski definition) is 4. The first-order valence-electron chi connectivity index (χ1n) is 7.46. The number of nitrogens with one attached hydrogen (secondary N) is 1. The zero-order chi connectivity index (χ0) is 16.5. The summed E-state index contributed by atoms with van der Waals surface area (Å²) < 4.78 is 10.3. The molecular weight excluding hydrogens is 294 g/mol.